The zero-order valence-corrected chi connectivity index (χ0v) is 10.7. The average Bonchev–Trinajstić information content (AvgIpc) is 2.34. The molecule has 0 aromatic heterocycles. The molecule has 0 bridgehead atoms. The van der Waals surface area contributed by atoms with Crippen molar-refractivity contribution in [1.82, 2.24) is 5.32 Å². The number of carbonyl (C=O) groups is 1. The highest BCUT2D eigenvalue weighted by atomic mass is 16.6. The second kappa shape index (κ2) is 6.26. The number of nitro benzene ring substituents is 1. The van der Waals surface area contributed by atoms with Crippen molar-refractivity contribution in [1.29, 1.82) is 0 Å². The predicted octanol–water partition coefficient (Wildman–Crippen LogP) is 0.434. The van der Waals surface area contributed by atoms with Crippen LogP contribution in [0.4, 0.5) is 5.69 Å². The first kappa shape index (κ1) is 15.1. The van der Waals surface area contributed by atoms with Crippen molar-refractivity contribution in [3.8, 4) is 0 Å². The zero-order chi connectivity index (χ0) is 14.6. The first-order valence-corrected chi connectivity index (χ1v) is 5.69. The average molecular weight is 268 g/mol. The topological polar surface area (TPSA) is 113 Å². The lowest BCUT2D eigenvalue weighted by molar-refractivity contribution is -0.385. The second-order valence-electron chi connectivity index (χ2n) is 4.20. The molecule has 0 saturated carbocycles. The Kier molecular flexibility index (Phi) is 4.96. The Labute approximate surface area is 110 Å². The standard InChI is InChI=1S/C12H16N2O5/c1-7-9(4-3-5-10(7)14(18)19)12(17)11(16)6-13-8(2)15/h3-5,11-12,16-17H,6H2,1-2H3,(H,13,15). The summed E-state index contributed by atoms with van der Waals surface area (Å²) in [6.07, 6.45) is -2.53. The fourth-order valence-electron chi connectivity index (χ4n) is 1.73. The van der Waals surface area contributed by atoms with Gasteiger partial charge in [-0.2, -0.15) is 0 Å². The molecule has 7 nitrogen and oxygen atoms in total. The van der Waals surface area contributed by atoms with E-state index in [1.165, 1.54) is 32.0 Å². The van der Waals surface area contributed by atoms with Gasteiger partial charge in [-0.3, -0.25) is 14.9 Å². The fourth-order valence-corrected chi connectivity index (χ4v) is 1.73. The second-order valence-corrected chi connectivity index (χ2v) is 4.20. The number of amides is 1. The molecular weight excluding hydrogens is 252 g/mol. The molecule has 0 aliphatic rings. The molecule has 0 spiro atoms. The van der Waals surface area contributed by atoms with Gasteiger partial charge in [0.15, 0.2) is 0 Å². The summed E-state index contributed by atoms with van der Waals surface area (Å²) in [5, 5.41) is 32.9. The number of carbonyl (C=O) groups excluding carboxylic acids is 1. The van der Waals surface area contributed by atoms with Crippen LogP contribution in [0.2, 0.25) is 0 Å². The van der Waals surface area contributed by atoms with Crippen LogP contribution in [0.5, 0.6) is 0 Å². The third kappa shape index (κ3) is 3.73. The maximum atomic E-state index is 10.8. The first-order valence-electron chi connectivity index (χ1n) is 5.69. The Hall–Kier alpha value is -1.99. The molecule has 1 aromatic rings. The lowest BCUT2D eigenvalue weighted by Gasteiger charge is -2.19. The summed E-state index contributed by atoms with van der Waals surface area (Å²) in [6.45, 7) is 2.66. The predicted molar refractivity (Wildman–Crippen MR) is 67.5 cm³/mol. The Morgan fingerprint density at radius 2 is 2.11 bits per heavy atom. The van der Waals surface area contributed by atoms with E-state index in [0.717, 1.165) is 0 Å². The minimum Gasteiger partial charge on any atom is -0.388 e. The maximum absolute atomic E-state index is 10.8. The summed E-state index contributed by atoms with van der Waals surface area (Å²) < 4.78 is 0. The Bertz CT molecular complexity index is 489. The molecule has 3 N–H and O–H groups in total. The van der Waals surface area contributed by atoms with Crippen LogP contribution in [0.25, 0.3) is 0 Å². The number of rotatable bonds is 5. The van der Waals surface area contributed by atoms with Crippen molar-refractivity contribution in [2.75, 3.05) is 6.54 Å². The number of aliphatic hydroxyl groups is 2. The van der Waals surface area contributed by atoms with Gasteiger partial charge in [-0.15, -0.1) is 0 Å². The highest BCUT2D eigenvalue weighted by Crippen LogP contribution is 2.27. The van der Waals surface area contributed by atoms with Gasteiger partial charge >= 0.3 is 0 Å². The molecule has 0 saturated heterocycles. The summed E-state index contributed by atoms with van der Waals surface area (Å²) >= 11 is 0. The molecule has 0 radical (unpaired) electrons. The van der Waals surface area contributed by atoms with Crippen molar-refractivity contribution in [3.63, 3.8) is 0 Å². The fraction of sp³-hybridized carbons (Fsp3) is 0.417. The van der Waals surface area contributed by atoms with E-state index >= 15 is 0 Å². The maximum Gasteiger partial charge on any atom is 0.272 e. The van der Waals surface area contributed by atoms with E-state index in [2.05, 4.69) is 5.32 Å². The van der Waals surface area contributed by atoms with Crippen LogP contribution in [0.15, 0.2) is 18.2 Å². The quantitative estimate of drug-likeness (QED) is 0.529. The van der Waals surface area contributed by atoms with Crippen LogP contribution in [0, 0.1) is 17.0 Å². The SMILES string of the molecule is CC(=O)NCC(O)C(O)c1cccc([N+](=O)[O-])c1C. The molecule has 0 fully saturated rings. The van der Waals surface area contributed by atoms with Gasteiger partial charge in [0.1, 0.15) is 12.2 Å². The molecule has 19 heavy (non-hydrogen) atoms. The largest absolute Gasteiger partial charge is 0.388 e. The Balaban J connectivity index is 2.93. The minimum absolute atomic E-state index is 0.122. The van der Waals surface area contributed by atoms with Crippen LogP contribution in [-0.2, 0) is 4.79 Å². The van der Waals surface area contributed by atoms with E-state index < -0.39 is 17.1 Å². The lowest BCUT2D eigenvalue weighted by Crippen LogP contribution is -2.34. The molecule has 0 aliphatic heterocycles. The number of nitro groups is 1. The van der Waals surface area contributed by atoms with Gasteiger partial charge in [0.25, 0.3) is 5.69 Å². The van der Waals surface area contributed by atoms with Crippen molar-refractivity contribution in [2.24, 2.45) is 0 Å². The molecule has 7 heteroatoms. The van der Waals surface area contributed by atoms with E-state index in [1.807, 2.05) is 0 Å². The number of benzene rings is 1. The molecule has 2 unspecified atom stereocenters. The number of nitrogens with zero attached hydrogens (tertiary/aromatic N) is 1. The van der Waals surface area contributed by atoms with Gasteiger partial charge in [-0.25, -0.2) is 0 Å². The molecular formula is C12H16N2O5. The van der Waals surface area contributed by atoms with E-state index in [1.54, 1.807) is 0 Å². The first-order chi connectivity index (χ1) is 8.84. The lowest BCUT2D eigenvalue weighted by atomic mass is 9.98. The molecule has 1 amide bonds. The highest BCUT2D eigenvalue weighted by molar-refractivity contribution is 5.72. The van der Waals surface area contributed by atoms with E-state index in [9.17, 15) is 25.1 Å². The van der Waals surface area contributed by atoms with Gasteiger partial charge in [0.05, 0.1) is 4.92 Å². The number of aliphatic hydroxyl groups excluding tert-OH is 2. The monoisotopic (exact) mass is 268 g/mol. The third-order valence-electron chi connectivity index (χ3n) is 2.79. The Morgan fingerprint density at radius 3 is 2.63 bits per heavy atom. The van der Waals surface area contributed by atoms with Crippen LogP contribution in [0.3, 0.4) is 0 Å². The molecule has 104 valence electrons. The molecule has 1 aromatic carbocycles. The van der Waals surface area contributed by atoms with E-state index in [4.69, 9.17) is 0 Å². The van der Waals surface area contributed by atoms with Gasteiger partial charge in [0, 0.05) is 25.1 Å². The summed E-state index contributed by atoms with van der Waals surface area (Å²) in [5.41, 5.74) is 0.442. The molecule has 2 atom stereocenters. The van der Waals surface area contributed by atoms with Crippen molar-refractivity contribution >= 4 is 11.6 Å². The van der Waals surface area contributed by atoms with E-state index in [-0.39, 0.29) is 23.7 Å². The van der Waals surface area contributed by atoms with Gasteiger partial charge in [-0.05, 0) is 12.5 Å². The van der Waals surface area contributed by atoms with Crippen molar-refractivity contribution < 1.29 is 19.9 Å². The third-order valence-corrected chi connectivity index (χ3v) is 2.79. The van der Waals surface area contributed by atoms with Crippen molar-refractivity contribution in [2.45, 2.75) is 26.1 Å². The molecule has 1 rings (SSSR count). The van der Waals surface area contributed by atoms with Crippen molar-refractivity contribution in [3.05, 3.63) is 39.4 Å². The highest BCUT2D eigenvalue weighted by Gasteiger charge is 2.23. The van der Waals surface area contributed by atoms with Crippen LogP contribution < -0.4 is 5.32 Å². The normalized spacial score (nSPS) is 13.7. The zero-order valence-electron chi connectivity index (χ0n) is 10.7. The molecule has 0 aliphatic carbocycles. The number of hydrogen-bond donors (Lipinski definition) is 3. The molecule has 0 heterocycles. The number of hydrogen-bond acceptors (Lipinski definition) is 5. The minimum atomic E-state index is -1.30. The van der Waals surface area contributed by atoms with Crippen LogP contribution >= 0.6 is 0 Å². The smallest absolute Gasteiger partial charge is 0.272 e. The number of nitrogens with one attached hydrogen (secondary N) is 1. The summed E-state index contributed by atoms with van der Waals surface area (Å²) in [7, 11) is 0. The summed E-state index contributed by atoms with van der Waals surface area (Å²) in [5.74, 6) is -0.331. The van der Waals surface area contributed by atoms with Gasteiger partial charge < -0.3 is 15.5 Å². The van der Waals surface area contributed by atoms with Gasteiger partial charge in [-0.1, -0.05) is 12.1 Å². The van der Waals surface area contributed by atoms with Crippen LogP contribution in [0.1, 0.15) is 24.2 Å². The summed E-state index contributed by atoms with van der Waals surface area (Å²) in [6, 6.07) is 4.27. The van der Waals surface area contributed by atoms with E-state index in [0.29, 0.717) is 5.56 Å². The Morgan fingerprint density at radius 1 is 1.47 bits per heavy atom. The summed E-state index contributed by atoms with van der Waals surface area (Å²) in [4.78, 5) is 21.0. The van der Waals surface area contributed by atoms with Gasteiger partial charge in [0.2, 0.25) is 5.91 Å². The van der Waals surface area contributed by atoms with Crippen LogP contribution in [-0.4, -0.2) is 33.7 Å².